The molecule has 0 saturated carbocycles. The largest absolute Gasteiger partial charge is 0.490 e. The van der Waals surface area contributed by atoms with E-state index in [1.165, 1.54) is 4.57 Å². The van der Waals surface area contributed by atoms with Gasteiger partial charge in [-0.1, -0.05) is 0 Å². The van der Waals surface area contributed by atoms with Crippen LogP contribution in [-0.4, -0.2) is 94.3 Å². The number of nitrogens with one attached hydrogen (secondary N) is 2. The zero-order chi connectivity index (χ0) is 31.3. The predicted molar refractivity (Wildman–Crippen MR) is 144 cm³/mol. The van der Waals surface area contributed by atoms with Crippen molar-refractivity contribution < 1.29 is 41.4 Å². The van der Waals surface area contributed by atoms with Crippen LogP contribution >= 0.6 is 0 Å². The zero-order valence-electron chi connectivity index (χ0n) is 23.4. The van der Waals surface area contributed by atoms with Gasteiger partial charge in [0, 0.05) is 45.3 Å². The van der Waals surface area contributed by atoms with Gasteiger partial charge in [0.15, 0.2) is 0 Å². The highest BCUT2D eigenvalue weighted by Gasteiger charge is 2.53. The summed E-state index contributed by atoms with van der Waals surface area (Å²) in [4.78, 5) is 50.2. The lowest BCUT2D eigenvalue weighted by Gasteiger charge is -2.58. The second-order valence-corrected chi connectivity index (χ2v) is 11.8. The van der Waals surface area contributed by atoms with Gasteiger partial charge in [0.2, 0.25) is 11.8 Å². The summed E-state index contributed by atoms with van der Waals surface area (Å²) in [6.07, 6.45) is -2.17. The first-order valence-electron chi connectivity index (χ1n) is 14.0. The molecule has 2 amide bonds. The number of alkyl halides is 5. The lowest BCUT2D eigenvalue weighted by atomic mass is 9.70. The van der Waals surface area contributed by atoms with Crippen LogP contribution in [0.2, 0.25) is 0 Å². The Kier molecular flexibility index (Phi) is 8.05. The quantitative estimate of drug-likeness (QED) is 0.352. The minimum Gasteiger partial charge on any atom is -0.475 e. The summed E-state index contributed by atoms with van der Waals surface area (Å²) in [5.41, 5.74) is 2.26. The van der Waals surface area contributed by atoms with Crippen LogP contribution in [0.1, 0.15) is 38.1 Å². The second-order valence-electron chi connectivity index (χ2n) is 11.8. The number of benzene rings is 1. The number of carbonyl (C=O) groups is 3. The van der Waals surface area contributed by atoms with E-state index < -0.39 is 36.1 Å². The van der Waals surface area contributed by atoms with Gasteiger partial charge >= 0.3 is 17.8 Å². The fraction of sp³-hybridized carbons (Fsp3) is 0.630. The summed E-state index contributed by atoms with van der Waals surface area (Å²) < 4.78 is 63.5. The van der Waals surface area contributed by atoms with Crippen molar-refractivity contribution in [1.29, 1.82) is 0 Å². The van der Waals surface area contributed by atoms with E-state index in [9.17, 15) is 36.3 Å². The summed E-state index contributed by atoms with van der Waals surface area (Å²) >= 11 is 0. The van der Waals surface area contributed by atoms with E-state index in [4.69, 9.17) is 9.90 Å². The van der Waals surface area contributed by atoms with Crippen molar-refractivity contribution in [3.63, 3.8) is 0 Å². The summed E-state index contributed by atoms with van der Waals surface area (Å²) in [6.45, 7) is 3.57. The van der Waals surface area contributed by atoms with E-state index in [-0.39, 0.29) is 30.0 Å². The van der Waals surface area contributed by atoms with E-state index in [1.807, 2.05) is 23.1 Å². The number of aromatic nitrogens is 2. The monoisotopic (exact) mass is 616 g/mol. The normalized spacial score (nSPS) is 25.6. The van der Waals surface area contributed by atoms with Gasteiger partial charge in [0.1, 0.15) is 6.04 Å². The third-order valence-corrected chi connectivity index (χ3v) is 8.99. The van der Waals surface area contributed by atoms with Crippen LogP contribution in [-0.2, 0) is 21.4 Å². The number of carbonyl (C=O) groups excluding carboxylic acids is 2. The first-order valence-corrected chi connectivity index (χ1v) is 14.0. The van der Waals surface area contributed by atoms with Crippen molar-refractivity contribution in [2.45, 2.75) is 56.3 Å². The maximum atomic E-state index is 14.4. The number of hydrogen-bond acceptors (Lipinski definition) is 7. The number of amides is 2. The van der Waals surface area contributed by atoms with Crippen molar-refractivity contribution >= 4 is 34.5 Å². The number of carboxylic acid groups (broad SMARTS) is 1. The number of carboxylic acids is 1. The van der Waals surface area contributed by atoms with E-state index in [2.05, 4.69) is 15.5 Å². The van der Waals surface area contributed by atoms with Crippen LogP contribution < -0.4 is 21.2 Å². The lowest BCUT2D eigenvalue weighted by molar-refractivity contribution is -0.192. The topological polar surface area (TPSA) is 129 Å². The van der Waals surface area contributed by atoms with E-state index >= 15 is 0 Å². The Labute approximate surface area is 242 Å². The molecular weight excluding hydrogens is 583 g/mol. The number of aryl methyl sites for hydroxylation is 1. The number of rotatable bonds is 3. The van der Waals surface area contributed by atoms with Crippen molar-refractivity contribution in [2.24, 2.45) is 12.5 Å². The van der Waals surface area contributed by atoms with Crippen LogP contribution in [0.4, 0.5) is 27.6 Å². The standard InChI is InChI=1S/C25H32F2N6O3.C2HF3O2/c1-30-19-12-16(2-3-17(19)33(23(30)36)18-4-5-21(34)29-22(18)35)31-10-7-24(8-11-31)14-32(15-24)20-6-9-28-13-25(20,26)27;3-2(4,5)1(6)7/h2-3,12,18,20,28H,4-11,13-15H2,1H3,(H,29,34,35);(H,6,7). The zero-order valence-corrected chi connectivity index (χ0v) is 23.4. The lowest BCUT2D eigenvalue weighted by Crippen LogP contribution is -2.68. The molecule has 5 heterocycles. The number of aliphatic carboxylic acids is 1. The number of hydrogen-bond donors (Lipinski definition) is 3. The van der Waals surface area contributed by atoms with Crippen LogP contribution in [0.3, 0.4) is 0 Å². The number of likely N-dealkylation sites (tertiary alicyclic amines) is 1. The maximum Gasteiger partial charge on any atom is 0.490 e. The molecule has 0 radical (unpaired) electrons. The van der Waals surface area contributed by atoms with Gasteiger partial charge in [0.25, 0.3) is 5.92 Å². The van der Waals surface area contributed by atoms with Gasteiger partial charge in [-0.15, -0.1) is 0 Å². The Hall–Kier alpha value is -3.53. The summed E-state index contributed by atoms with van der Waals surface area (Å²) in [5.74, 6) is -6.18. The highest BCUT2D eigenvalue weighted by atomic mass is 19.4. The molecule has 2 atom stereocenters. The minimum absolute atomic E-state index is 0.115. The molecule has 2 aromatic rings. The number of imide groups is 1. The molecular formula is C27H33F5N6O5. The molecule has 0 bridgehead atoms. The number of piperidine rings is 3. The van der Waals surface area contributed by atoms with E-state index in [0.29, 0.717) is 24.9 Å². The first-order chi connectivity index (χ1) is 20.1. The Bertz CT molecular complexity index is 1470. The number of imidazole rings is 1. The fourth-order valence-corrected chi connectivity index (χ4v) is 6.64. The molecule has 4 aliphatic rings. The van der Waals surface area contributed by atoms with Gasteiger partial charge in [-0.3, -0.25) is 28.9 Å². The van der Waals surface area contributed by atoms with Crippen molar-refractivity contribution in [3.05, 3.63) is 28.7 Å². The van der Waals surface area contributed by atoms with Gasteiger partial charge in [-0.2, -0.15) is 13.2 Å². The van der Waals surface area contributed by atoms with Crippen LogP contribution in [0.5, 0.6) is 0 Å². The molecule has 1 aromatic heterocycles. The maximum absolute atomic E-state index is 14.4. The van der Waals surface area contributed by atoms with Gasteiger partial charge in [-0.05, 0) is 55.8 Å². The van der Waals surface area contributed by atoms with Crippen molar-refractivity contribution in [1.82, 2.24) is 24.7 Å². The molecule has 16 heteroatoms. The summed E-state index contributed by atoms with van der Waals surface area (Å²) in [5, 5.41) is 12.3. The summed E-state index contributed by atoms with van der Waals surface area (Å²) in [6, 6.07) is 4.49. The molecule has 1 aromatic carbocycles. The van der Waals surface area contributed by atoms with Crippen LogP contribution in [0, 0.1) is 5.41 Å². The number of anilines is 1. The molecule has 236 valence electrons. The van der Waals surface area contributed by atoms with E-state index in [0.717, 1.165) is 50.2 Å². The molecule has 43 heavy (non-hydrogen) atoms. The van der Waals surface area contributed by atoms with Crippen LogP contribution in [0.25, 0.3) is 11.0 Å². The van der Waals surface area contributed by atoms with E-state index in [1.54, 1.807) is 11.6 Å². The third kappa shape index (κ3) is 5.98. The number of fused-ring (bicyclic) bond motifs is 1. The molecule has 3 N–H and O–H groups in total. The third-order valence-electron chi connectivity index (χ3n) is 8.99. The van der Waals surface area contributed by atoms with Crippen molar-refractivity contribution in [3.8, 4) is 0 Å². The average molecular weight is 617 g/mol. The SMILES string of the molecule is Cn1c(=O)n(C2CCC(=O)NC2=O)c2ccc(N3CCC4(CC3)CN(C3CCNCC3(F)F)C4)cc21.O=C(O)C(F)(F)F. The first kappa shape index (κ1) is 30.9. The average Bonchev–Trinajstić information content (AvgIpc) is 3.16. The molecule has 6 rings (SSSR count). The second kappa shape index (κ2) is 11.2. The highest BCUT2D eigenvalue weighted by molar-refractivity contribution is 6.00. The molecule has 4 saturated heterocycles. The Morgan fingerprint density at radius 3 is 2.28 bits per heavy atom. The minimum atomic E-state index is -5.08. The molecule has 0 aliphatic carbocycles. The number of halogens is 5. The molecule has 11 nitrogen and oxygen atoms in total. The van der Waals surface area contributed by atoms with Gasteiger partial charge in [0.05, 0.1) is 23.6 Å². The predicted octanol–water partition coefficient (Wildman–Crippen LogP) is 1.85. The van der Waals surface area contributed by atoms with Crippen molar-refractivity contribution in [2.75, 3.05) is 44.2 Å². The summed E-state index contributed by atoms with van der Waals surface area (Å²) in [7, 11) is 1.70. The molecule has 1 spiro atoms. The highest BCUT2D eigenvalue weighted by Crippen LogP contribution is 2.45. The molecule has 2 unspecified atom stereocenters. The smallest absolute Gasteiger partial charge is 0.475 e. The molecule has 4 aliphatic heterocycles. The van der Waals surface area contributed by atoms with Gasteiger partial charge < -0.3 is 15.3 Å². The van der Waals surface area contributed by atoms with Crippen LogP contribution in [0.15, 0.2) is 23.0 Å². The Morgan fingerprint density at radius 2 is 1.70 bits per heavy atom. The molecule has 4 fully saturated rings. The fourth-order valence-electron chi connectivity index (χ4n) is 6.64. The van der Waals surface area contributed by atoms with Gasteiger partial charge in [-0.25, -0.2) is 18.4 Å². The Balaban J connectivity index is 0.000000472. The number of nitrogens with zero attached hydrogens (tertiary/aromatic N) is 4. The Morgan fingerprint density at radius 1 is 1.05 bits per heavy atom.